The summed E-state index contributed by atoms with van der Waals surface area (Å²) in [4.78, 5) is 0. The summed E-state index contributed by atoms with van der Waals surface area (Å²) in [6, 6.07) is 0. The highest BCUT2D eigenvalue weighted by molar-refractivity contribution is 4.82. The second-order valence-electron chi connectivity index (χ2n) is 4.82. The van der Waals surface area contributed by atoms with Crippen LogP contribution in [0.1, 0.15) is 33.1 Å². The van der Waals surface area contributed by atoms with Crippen LogP contribution in [0.5, 0.6) is 0 Å². The van der Waals surface area contributed by atoms with E-state index in [9.17, 15) is 5.11 Å². The first kappa shape index (κ1) is 12.0. The molecule has 0 saturated heterocycles. The summed E-state index contributed by atoms with van der Waals surface area (Å²) < 4.78 is 5.30. The lowest BCUT2D eigenvalue weighted by molar-refractivity contribution is 0.0151. The molecule has 0 aromatic rings. The molecule has 1 atom stereocenters. The van der Waals surface area contributed by atoms with Gasteiger partial charge in [0, 0.05) is 13.7 Å². The monoisotopic (exact) mass is 201 g/mol. The third kappa shape index (κ3) is 4.40. The van der Waals surface area contributed by atoms with Crippen molar-refractivity contribution in [2.24, 2.45) is 5.92 Å². The minimum Gasteiger partial charge on any atom is -0.392 e. The van der Waals surface area contributed by atoms with E-state index in [4.69, 9.17) is 4.74 Å². The zero-order chi connectivity index (χ0) is 10.6. The summed E-state index contributed by atoms with van der Waals surface area (Å²) in [5.41, 5.74) is -0.0580. The molecule has 0 aliphatic heterocycles. The molecule has 3 nitrogen and oxygen atoms in total. The summed E-state index contributed by atoms with van der Waals surface area (Å²) in [6.45, 7) is 5.78. The predicted molar refractivity (Wildman–Crippen MR) is 57.3 cm³/mol. The molecule has 3 heteroatoms. The molecule has 0 heterocycles. The van der Waals surface area contributed by atoms with Crippen molar-refractivity contribution in [3.63, 3.8) is 0 Å². The summed E-state index contributed by atoms with van der Waals surface area (Å²) in [6.07, 6.45) is 3.24. The van der Waals surface area contributed by atoms with Crippen molar-refractivity contribution in [3.8, 4) is 0 Å². The Hall–Kier alpha value is -0.120. The van der Waals surface area contributed by atoms with Gasteiger partial charge in [-0.1, -0.05) is 0 Å². The summed E-state index contributed by atoms with van der Waals surface area (Å²) in [5, 5.41) is 12.8. The van der Waals surface area contributed by atoms with E-state index in [0.717, 1.165) is 19.5 Å². The lowest BCUT2D eigenvalue weighted by atomic mass is 10.1. The Labute approximate surface area is 86.8 Å². The van der Waals surface area contributed by atoms with Crippen LogP contribution >= 0.6 is 0 Å². The van der Waals surface area contributed by atoms with Crippen LogP contribution in [0.15, 0.2) is 0 Å². The highest BCUT2D eigenvalue weighted by atomic mass is 16.5. The minimum absolute atomic E-state index is 0.0580. The van der Waals surface area contributed by atoms with Crippen LogP contribution in [0.3, 0.4) is 0 Å². The molecule has 14 heavy (non-hydrogen) atoms. The molecule has 1 fully saturated rings. The Morgan fingerprint density at radius 1 is 1.50 bits per heavy atom. The van der Waals surface area contributed by atoms with Crippen molar-refractivity contribution < 1.29 is 9.84 Å². The molecule has 0 spiro atoms. The molecular weight excluding hydrogens is 178 g/mol. The number of nitrogens with one attached hydrogen (secondary N) is 1. The molecule has 0 amide bonds. The standard InChI is InChI=1S/C11H23NO2/c1-11(2,14-3)6-7-12-8-10(13)9-4-5-9/h9-10,12-13H,4-8H2,1-3H3. The Kier molecular flexibility index (Phi) is 4.35. The van der Waals surface area contributed by atoms with Crippen molar-refractivity contribution in [2.75, 3.05) is 20.2 Å². The quantitative estimate of drug-likeness (QED) is 0.607. The molecule has 1 aliphatic carbocycles. The minimum atomic E-state index is -0.138. The van der Waals surface area contributed by atoms with Crippen LogP contribution in [0.25, 0.3) is 0 Å². The van der Waals surface area contributed by atoms with Crippen LogP contribution < -0.4 is 5.32 Å². The first-order valence-electron chi connectivity index (χ1n) is 5.49. The van der Waals surface area contributed by atoms with E-state index in [-0.39, 0.29) is 11.7 Å². The maximum atomic E-state index is 9.58. The van der Waals surface area contributed by atoms with Crippen LogP contribution in [-0.4, -0.2) is 37.0 Å². The van der Waals surface area contributed by atoms with Gasteiger partial charge in [0.05, 0.1) is 11.7 Å². The van der Waals surface area contributed by atoms with E-state index in [1.54, 1.807) is 7.11 Å². The Bertz CT molecular complexity index is 167. The van der Waals surface area contributed by atoms with Gasteiger partial charge in [-0.05, 0) is 45.6 Å². The molecule has 0 radical (unpaired) electrons. The zero-order valence-corrected chi connectivity index (χ0v) is 9.55. The molecule has 84 valence electrons. The number of aliphatic hydroxyl groups is 1. The summed E-state index contributed by atoms with van der Waals surface area (Å²) >= 11 is 0. The number of hydrogen-bond acceptors (Lipinski definition) is 3. The fourth-order valence-corrected chi connectivity index (χ4v) is 1.39. The van der Waals surface area contributed by atoms with Gasteiger partial charge in [0.15, 0.2) is 0 Å². The average molecular weight is 201 g/mol. The molecule has 0 bridgehead atoms. The van der Waals surface area contributed by atoms with E-state index >= 15 is 0 Å². The molecule has 1 saturated carbocycles. The molecule has 1 aliphatic rings. The van der Waals surface area contributed by atoms with Gasteiger partial charge in [0.25, 0.3) is 0 Å². The number of rotatable bonds is 7. The van der Waals surface area contributed by atoms with Gasteiger partial charge in [0.1, 0.15) is 0 Å². The second-order valence-corrected chi connectivity index (χ2v) is 4.82. The van der Waals surface area contributed by atoms with Crippen LogP contribution in [0, 0.1) is 5.92 Å². The van der Waals surface area contributed by atoms with Gasteiger partial charge in [-0.3, -0.25) is 0 Å². The lowest BCUT2D eigenvalue weighted by Gasteiger charge is -2.23. The number of ether oxygens (including phenoxy) is 1. The molecule has 0 aromatic carbocycles. The van der Waals surface area contributed by atoms with Crippen LogP contribution in [-0.2, 0) is 4.74 Å². The Morgan fingerprint density at radius 3 is 2.64 bits per heavy atom. The molecule has 1 rings (SSSR count). The van der Waals surface area contributed by atoms with E-state index in [0.29, 0.717) is 5.92 Å². The summed E-state index contributed by atoms with van der Waals surface area (Å²) in [7, 11) is 1.74. The van der Waals surface area contributed by atoms with E-state index < -0.39 is 0 Å². The number of aliphatic hydroxyl groups excluding tert-OH is 1. The highest BCUT2D eigenvalue weighted by Gasteiger charge is 2.29. The van der Waals surface area contributed by atoms with Crippen molar-refractivity contribution in [1.29, 1.82) is 0 Å². The molecular formula is C11H23NO2. The van der Waals surface area contributed by atoms with Gasteiger partial charge in [-0.15, -0.1) is 0 Å². The maximum Gasteiger partial charge on any atom is 0.0692 e. The van der Waals surface area contributed by atoms with Crippen molar-refractivity contribution >= 4 is 0 Å². The number of methoxy groups -OCH3 is 1. The largest absolute Gasteiger partial charge is 0.392 e. The third-order valence-electron chi connectivity index (χ3n) is 2.98. The van der Waals surface area contributed by atoms with Gasteiger partial charge in [0.2, 0.25) is 0 Å². The first-order valence-corrected chi connectivity index (χ1v) is 5.49. The van der Waals surface area contributed by atoms with Gasteiger partial charge < -0.3 is 15.2 Å². The smallest absolute Gasteiger partial charge is 0.0692 e. The number of hydrogen-bond donors (Lipinski definition) is 2. The van der Waals surface area contributed by atoms with Gasteiger partial charge >= 0.3 is 0 Å². The molecule has 2 N–H and O–H groups in total. The SMILES string of the molecule is COC(C)(C)CCNCC(O)C1CC1. The van der Waals surface area contributed by atoms with Crippen molar-refractivity contribution in [3.05, 3.63) is 0 Å². The fourth-order valence-electron chi connectivity index (χ4n) is 1.39. The van der Waals surface area contributed by atoms with E-state index in [2.05, 4.69) is 19.2 Å². The predicted octanol–water partition coefficient (Wildman–Crippen LogP) is 1.16. The molecule has 1 unspecified atom stereocenters. The average Bonchev–Trinajstić information content (AvgIpc) is 2.95. The van der Waals surface area contributed by atoms with Gasteiger partial charge in [-0.25, -0.2) is 0 Å². The maximum absolute atomic E-state index is 9.58. The first-order chi connectivity index (χ1) is 6.55. The van der Waals surface area contributed by atoms with E-state index in [1.165, 1.54) is 12.8 Å². The van der Waals surface area contributed by atoms with Crippen LogP contribution in [0.2, 0.25) is 0 Å². The second kappa shape index (κ2) is 5.10. The summed E-state index contributed by atoms with van der Waals surface area (Å²) in [5.74, 6) is 0.568. The lowest BCUT2D eigenvalue weighted by Crippen LogP contribution is -2.33. The Balaban J connectivity index is 1.98. The van der Waals surface area contributed by atoms with Crippen molar-refractivity contribution in [2.45, 2.75) is 44.8 Å². The molecule has 0 aromatic heterocycles. The topological polar surface area (TPSA) is 41.5 Å². The normalized spacial score (nSPS) is 19.7. The fraction of sp³-hybridized carbons (Fsp3) is 1.00. The Morgan fingerprint density at radius 2 is 2.14 bits per heavy atom. The van der Waals surface area contributed by atoms with E-state index in [1.807, 2.05) is 0 Å². The zero-order valence-electron chi connectivity index (χ0n) is 9.55. The third-order valence-corrected chi connectivity index (χ3v) is 2.98. The highest BCUT2D eigenvalue weighted by Crippen LogP contribution is 2.32. The van der Waals surface area contributed by atoms with Gasteiger partial charge in [-0.2, -0.15) is 0 Å². The van der Waals surface area contributed by atoms with Crippen molar-refractivity contribution in [1.82, 2.24) is 5.32 Å². The van der Waals surface area contributed by atoms with Crippen LogP contribution in [0.4, 0.5) is 0 Å².